The van der Waals surface area contributed by atoms with Gasteiger partial charge in [0.1, 0.15) is 0 Å². The zero-order valence-electron chi connectivity index (χ0n) is 23.2. The highest BCUT2D eigenvalue weighted by atomic mass is 35.5. The lowest BCUT2D eigenvalue weighted by molar-refractivity contribution is 1.17. The maximum Gasteiger partial charge on any atom is 0.0541 e. The summed E-state index contributed by atoms with van der Waals surface area (Å²) in [6, 6.07) is 50.4. The van der Waals surface area contributed by atoms with E-state index in [9.17, 15) is 0 Å². The molecule has 0 amide bonds. The molecule has 1 N–H and O–H groups in total. The minimum Gasteiger partial charge on any atom is -0.355 e. The van der Waals surface area contributed by atoms with Gasteiger partial charge in [0.2, 0.25) is 0 Å². The highest BCUT2D eigenvalue weighted by Gasteiger charge is 2.10. The molecular formula is C38H31ClN2. The van der Waals surface area contributed by atoms with E-state index in [-0.39, 0.29) is 0 Å². The van der Waals surface area contributed by atoms with E-state index in [1.54, 1.807) is 0 Å². The molecule has 0 radical (unpaired) electrons. The van der Waals surface area contributed by atoms with Crippen LogP contribution in [0.5, 0.6) is 0 Å². The molecule has 0 spiro atoms. The fourth-order valence-corrected chi connectivity index (χ4v) is 5.35. The Balaban J connectivity index is 0.000000123. The van der Waals surface area contributed by atoms with Crippen LogP contribution in [0.1, 0.15) is 11.1 Å². The Morgan fingerprint density at radius 2 is 0.829 bits per heavy atom. The van der Waals surface area contributed by atoms with Crippen LogP contribution in [0, 0.1) is 13.8 Å². The number of halogens is 1. The van der Waals surface area contributed by atoms with E-state index in [0.717, 1.165) is 5.02 Å². The molecule has 2 aromatic heterocycles. The predicted octanol–water partition coefficient (Wildman–Crippen LogP) is 11.1. The molecule has 0 aliphatic rings. The molecule has 0 saturated carbocycles. The highest BCUT2D eigenvalue weighted by Crippen LogP contribution is 2.31. The smallest absolute Gasteiger partial charge is 0.0541 e. The third kappa shape index (κ3) is 5.61. The zero-order valence-corrected chi connectivity index (χ0v) is 23.9. The van der Waals surface area contributed by atoms with Crippen LogP contribution in [0.2, 0.25) is 5.02 Å². The van der Waals surface area contributed by atoms with Crippen LogP contribution >= 0.6 is 11.6 Å². The number of H-pyrrole nitrogens is 1. The maximum atomic E-state index is 5.61. The van der Waals surface area contributed by atoms with Crippen molar-refractivity contribution in [3.05, 3.63) is 162 Å². The first-order chi connectivity index (χ1) is 20.1. The van der Waals surface area contributed by atoms with Gasteiger partial charge in [0.15, 0.2) is 0 Å². The van der Waals surface area contributed by atoms with Crippen LogP contribution in [0.25, 0.3) is 49.3 Å². The average molecular weight is 551 g/mol. The first kappa shape index (κ1) is 26.4. The van der Waals surface area contributed by atoms with Crippen LogP contribution in [-0.4, -0.2) is 9.55 Å². The molecule has 41 heavy (non-hydrogen) atoms. The maximum absolute atomic E-state index is 5.61. The second-order valence-corrected chi connectivity index (χ2v) is 10.7. The van der Waals surface area contributed by atoms with Crippen LogP contribution in [0.4, 0.5) is 0 Å². The fraction of sp³-hybridized carbons (Fsp3) is 0.0526. The molecule has 0 saturated heterocycles. The number of benzene rings is 6. The van der Waals surface area contributed by atoms with Gasteiger partial charge in [-0.2, -0.15) is 0 Å². The Kier molecular flexibility index (Phi) is 7.58. The van der Waals surface area contributed by atoms with Crippen molar-refractivity contribution < 1.29 is 0 Å². The second kappa shape index (κ2) is 11.8. The van der Waals surface area contributed by atoms with Crippen molar-refractivity contribution in [1.29, 1.82) is 0 Å². The van der Waals surface area contributed by atoms with Crippen LogP contribution in [0.3, 0.4) is 0 Å². The van der Waals surface area contributed by atoms with E-state index >= 15 is 0 Å². The molecule has 6 aromatic carbocycles. The largest absolute Gasteiger partial charge is 0.355 e. The molecule has 0 unspecified atom stereocenters. The summed E-state index contributed by atoms with van der Waals surface area (Å²) in [7, 11) is 0. The van der Waals surface area contributed by atoms with Gasteiger partial charge in [-0.05, 0) is 62.4 Å². The van der Waals surface area contributed by atoms with Gasteiger partial charge in [-0.3, -0.25) is 0 Å². The molecule has 0 aliphatic heterocycles. The van der Waals surface area contributed by atoms with Gasteiger partial charge in [0.25, 0.3) is 0 Å². The molecule has 0 bridgehead atoms. The summed E-state index contributed by atoms with van der Waals surface area (Å²) >= 11 is 5.61. The van der Waals surface area contributed by atoms with E-state index in [1.807, 2.05) is 31.2 Å². The first-order valence-electron chi connectivity index (χ1n) is 13.8. The van der Waals surface area contributed by atoms with E-state index in [4.69, 9.17) is 11.6 Å². The number of hydrogen-bond donors (Lipinski definition) is 1. The molecular weight excluding hydrogens is 520 g/mol. The van der Waals surface area contributed by atoms with Crippen molar-refractivity contribution >= 4 is 55.2 Å². The van der Waals surface area contributed by atoms with Gasteiger partial charge in [0, 0.05) is 43.3 Å². The van der Waals surface area contributed by atoms with Crippen molar-refractivity contribution in [1.82, 2.24) is 9.55 Å². The minimum atomic E-state index is 0.801. The second-order valence-electron chi connectivity index (χ2n) is 10.2. The van der Waals surface area contributed by atoms with E-state index in [0.29, 0.717) is 0 Å². The number of rotatable bonds is 1. The number of aryl methyl sites for hydroxylation is 2. The summed E-state index contributed by atoms with van der Waals surface area (Å²) in [5.74, 6) is 0. The van der Waals surface area contributed by atoms with Crippen LogP contribution < -0.4 is 0 Å². The monoisotopic (exact) mass is 550 g/mol. The average Bonchev–Trinajstić information content (AvgIpc) is 3.56. The molecule has 8 rings (SSSR count). The van der Waals surface area contributed by atoms with Gasteiger partial charge in [-0.25, -0.2) is 0 Å². The number of nitrogens with zero attached hydrogens (tertiary/aromatic N) is 1. The molecule has 0 fully saturated rings. The minimum absolute atomic E-state index is 0.801. The molecule has 2 heterocycles. The Labute approximate surface area is 245 Å². The number of nitrogens with one attached hydrogen (secondary N) is 1. The third-order valence-electron chi connectivity index (χ3n) is 7.30. The molecule has 200 valence electrons. The molecule has 0 aliphatic carbocycles. The summed E-state index contributed by atoms with van der Waals surface area (Å²) < 4.78 is 2.34. The quantitative estimate of drug-likeness (QED) is 0.210. The van der Waals surface area contributed by atoms with E-state index < -0.39 is 0 Å². The van der Waals surface area contributed by atoms with E-state index in [1.165, 1.54) is 60.4 Å². The molecule has 2 nitrogen and oxygen atoms in total. The number of aromatic amines is 1. The summed E-state index contributed by atoms with van der Waals surface area (Å²) in [5.41, 5.74) is 8.69. The van der Waals surface area contributed by atoms with Crippen molar-refractivity contribution in [2.75, 3.05) is 0 Å². The number of fused-ring (bicyclic) bond motifs is 6. The number of hydrogen-bond acceptors (Lipinski definition) is 0. The van der Waals surface area contributed by atoms with Gasteiger partial charge in [-0.15, -0.1) is 0 Å². The zero-order chi connectivity index (χ0) is 28.2. The Bertz CT molecular complexity index is 1940. The lowest BCUT2D eigenvalue weighted by atomic mass is 10.2. The Morgan fingerprint density at radius 3 is 1.29 bits per heavy atom. The summed E-state index contributed by atoms with van der Waals surface area (Å²) in [6.07, 6.45) is 0. The van der Waals surface area contributed by atoms with Gasteiger partial charge in [-0.1, -0.05) is 120 Å². The number of aromatic nitrogens is 2. The standard InChI is InChI=1S/C19H15N.C12H9N.C7H7Cl/c1-14-10-12-15(13-11-14)20-18-8-4-2-6-16(18)17-7-3-5-9-19(17)20;1-3-7-11-9(5-1)10-6-2-4-8-12(10)13-11;1-6-2-4-7(8)5-3-6/h2-13H,1H3;1-8,13H;2-5H,1H3. The first-order valence-corrected chi connectivity index (χ1v) is 14.2. The molecule has 8 aromatic rings. The lowest BCUT2D eigenvalue weighted by Gasteiger charge is -2.07. The Hall–Kier alpha value is -4.79. The fourth-order valence-electron chi connectivity index (χ4n) is 5.23. The highest BCUT2D eigenvalue weighted by molar-refractivity contribution is 6.30. The topological polar surface area (TPSA) is 20.7 Å². The summed E-state index contributed by atoms with van der Waals surface area (Å²) in [5, 5.41) is 6.03. The van der Waals surface area contributed by atoms with Crippen LogP contribution in [-0.2, 0) is 0 Å². The lowest BCUT2D eigenvalue weighted by Crippen LogP contribution is -1.93. The van der Waals surface area contributed by atoms with Crippen molar-refractivity contribution in [2.45, 2.75) is 13.8 Å². The normalized spacial score (nSPS) is 10.8. The van der Waals surface area contributed by atoms with E-state index in [2.05, 4.69) is 138 Å². The van der Waals surface area contributed by atoms with Crippen molar-refractivity contribution in [3.63, 3.8) is 0 Å². The molecule has 0 atom stereocenters. The third-order valence-corrected chi connectivity index (χ3v) is 7.55. The van der Waals surface area contributed by atoms with Gasteiger partial charge < -0.3 is 9.55 Å². The van der Waals surface area contributed by atoms with Gasteiger partial charge >= 0.3 is 0 Å². The van der Waals surface area contributed by atoms with Crippen molar-refractivity contribution in [3.8, 4) is 5.69 Å². The predicted molar refractivity (Wildman–Crippen MR) is 178 cm³/mol. The van der Waals surface area contributed by atoms with Crippen LogP contribution in [0.15, 0.2) is 146 Å². The summed E-state index contributed by atoms with van der Waals surface area (Å²) in [6.45, 7) is 4.16. The SMILES string of the molecule is Cc1ccc(-n2c3ccccc3c3ccccc32)cc1.Cc1ccc(Cl)cc1.c1ccc2c(c1)[nH]c1ccccc12. The molecule has 3 heteroatoms. The number of para-hydroxylation sites is 4. The Morgan fingerprint density at radius 1 is 0.439 bits per heavy atom. The summed E-state index contributed by atoms with van der Waals surface area (Å²) in [4.78, 5) is 3.38. The van der Waals surface area contributed by atoms with Gasteiger partial charge in [0.05, 0.1) is 11.0 Å². The van der Waals surface area contributed by atoms with Crippen molar-refractivity contribution in [2.24, 2.45) is 0 Å².